The van der Waals surface area contributed by atoms with Crippen molar-refractivity contribution in [1.29, 1.82) is 5.26 Å². The van der Waals surface area contributed by atoms with E-state index in [1.165, 1.54) is 10.9 Å². The number of aromatic nitrogens is 8. The fourth-order valence-electron chi connectivity index (χ4n) is 3.42. The number of aryl methyl sites for hydroxylation is 1. The van der Waals surface area contributed by atoms with E-state index in [0.29, 0.717) is 23.9 Å². The Hall–Kier alpha value is -4.69. The minimum Gasteiger partial charge on any atom is -0.396 e. The molecule has 1 aromatic carbocycles. The van der Waals surface area contributed by atoms with Gasteiger partial charge in [-0.3, -0.25) is 4.57 Å². The summed E-state index contributed by atoms with van der Waals surface area (Å²) in [6, 6.07) is 15.2. The maximum Gasteiger partial charge on any atom is 0.183 e. The first-order valence-corrected chi connectivity index (χ1v) is 10.1. The van der Waals surface area contributed by atoms with Gasteiger partial charge in [0.25, 0.3) is 0 Å². The first-order chi connectivity index (χ1) is 16.1. The summed E-state index contributed by atoms with van der Waals surface area (Å²) < 4.78 is 3.30. The lowest BCUT2D eigenvalue weighted by Gasteiger charge is -2.11. The van der Waals surface area contributed by atoms with Gasteiger partial charge < -0.3 is 10.4 Å². The largest absolute Gasteiger partial charge is 0.396 e. The zero-order valence-corrected chi connectivity index (χ0v) is 17.6. The van der Waals surface area contributed by atoms with E-state index in [1.807, 2.05) is 60.0 Å². The topological polar surface area (TPSA) is 143 Å². The van der Waals surface area contributed by atoms with Crippen molar-refractivity contribution in [2.75, 3.05) is 11.9 Å². The summed E-state index contributed by atoms with van der Waals surface area (Å²) >= 11 is 0. The Kier molecular flexibility index (Phi) is 5.18. The van der Waals surface area contributed by atoms with E-state index < -0.39 is 0 Å². The third-order valence-corrected chi connectivity index (χ3v) is 5.01. The van der Waals surface area contributed by atoms with Crippen LogP contribution in [0.2, 0.25) is 0 Å². The minimum atomic E-state index is -0.0387. The Bertz CT molecular complexity index is 1480. The number of aliphatic hydroxyl groups excluding tert-OH is 1. The molecule has 11 heteroatoms. The van der Waals surface area contributed by atoms with Crippen LogP contribution in [0.4, 0.5) is 11.5 Å². The highest BCUT2D eigenvalue weighted by Crippen LogP contribution is 2.24. The fourth-order valence-corrected chi connectivity index (χ4v) is 3.42. The van der Waals surface area contributed by atoms with Crippen LogP contribution in [0, 0.1) is 18.3 Å². The zero-order valence-electron chi connectivity index (χ0n) is 17.6. The third kappa shape index (κ3) is 3.98. The highest BCUT2D eigenvalue weighted by Gasteiger charge is 2.13. The van der Waals surface area contributed by atoms with Crippen LogP contribution in [0.25, 0.3) is 22.7 Å². The van der Waals surface area contributed by atoms with E-state index in [0.717, 1.165) is 28.0 Å². The van der Waals surface area contributed by atoms with Gasteiger partial charge >= 0.3 is 0 Å². The molecule has 0 spiro atoms. The molecule has 5 rings (SSSR count). The molecule has 0 atom stereocenters. The van der Waals surface area contributed by atoms with Gasteiger partial charge in [0.15, 0.2) is 17.3 Å². The van der Waals surface area contributed by atoms with Crippen molar-refractivity contribution in [2.45, 2.75) is 13.3 Å². The van der Waals surface area contributed by atoms with Gasteiger partial charge in [-0.2, -0.15) is 10.4 Å². The van der Waals surface area contributed by atoms with E-state index in [-0.39, 0.29) is 12.3 Å². The first-order valence-electron chi connectivity index (χ1n) is 10.1. The molecular weight excluding hydrogens is 420 g/mol. The molecule has 0 saturated carbocycles. The van der Waals surface area contributed by atoms with Gasteiger partial charge in [0, 0.05) is 12.3 Å². The molecule has 0 unspecified atom stereocenters. The summed E-state index contributed by atoms with van der Waals surface area (Å²) in [5, 5.41) is 37.7. The molecule has 0 bridgehead atoms. The van der Waals surface area contributed by atoms with Crippen molar-refractivity contribution >= 4 is 22.5 Å². The van der Waals surface area contributed by atoms with Crippen molar-refractivity contribution in [3.05, 3.63) is 71.9 Å². The number of hydrogen-bond donors (Lipinski definition) is 2. The van der Waals surface area contributed by atoms with Crippen LogP contribution in [0.15, 0.2) is 55.0 Å². The van der Waals surface area contributed by atoms with Gasteiger partial charge in [-0.15, -0.1) is 10.2 Å². The molecule has 0 aliphatic rings. The number of anilines is 2. The Morgan fingerprint density at radius 2 is 2.00 bits per heavy atom. The Labute approximate surface area is 188 Å². The smallest absolute Gasteiger partial charge is 0.183 e. The van der Waals surface area contributed by atoms with Crippen LogP contribution in [-0.2, 0) is 6.42 Å². The lowest BCUT2D eigenvalue weighted by Crippen LogP contribution is -2.08. The highest BCUT2D eigenvalue weighted by atomic mass is 16.3. The number of rotatable bonds is 6. The molecule has 33 heavy (non-hydrogen) atoms. The molecule has 4 heterocycles. The van der Waals surface area contributed by atoms with Crippen LogP contribution in [0.1, 0.15) is 17.0 Å². The molecule has 11 nitrogen and oxygen atoms in total. The summed E-state index contributed by atoms with van der Waals surface area (Å²) in [5.74, 6) is 1.76. The van der Waals surface area contributed by atoms with Gasteiger partial charge in [0.05, 0.1) is 22.9 Å². The van der Waals surface area contributed by atoms with E-state index in [2.05, 4.69) is 30.8 Å². The van der Waals surface area contributed by atoms with Crippen molar-refractivity contribution in [2.24, 2.45) is 0 Å². The van der Waals surface area contributed by atoms with E-state index >= 15 is 0 Å². The van der Waals surface area contributed by atoms with Crippen LogP contribution >= 0.6 is 0 Å². The van der Waals surface area contributed by atoms with Crippen molar-refractivity contribution < 1.29 is 5.11 Å². The zero-order chi connectivity index (χ0) is 22.8. The summed E-state index contributed by atoms with van der Waals surface area (Å²) in [6.45, 7) is 1.85. The molecule has 5 aromatic rings. The molecular formula is C22H18N10O. The minimum absolute atomic E-state index is 0.0387. The quantitative estimate of drug-likeness (QED) is 0.408. The standard InChI is InChI=1S/C22H18N10O/c1-14-2-6-20(29-27-14)25-16-4-5-19-18(10-16)24-13-31(19)21-7-3-15(8-9-33)22(26-21)32-12-17(11-23)28-30-32/h2-7,10,12-13,33H,8-9H2,1H3,(H,25,29). The second-order valence-corrected chi connectivity index (χ2v) is 7.29. The van der Waals surface area contributed by atoms with E-state index in [1.54, 1.807) is 6.33 Å². The summed E-state index contributed by atoms with van der Waals surface area (Å²) in [5.41, 5.74) is 4.29. The average molecular weight is 438 g/mol. The average Bonchev–Trinajstić information content (AvgIpc) is 3.48. The third-order valence-electron chi connectivity index (χ3n) is 5.01. The second-order valence-electron chi connectivity index (χ2n) is 7.29. The van der Waals surface area contributed by atoms with Gasteiger partial charge in [0.2, 0.25) is 0 Å². The number of nitriles is 1. The fraction of sp³-hybridized carbons (Fsp3) is 0.136. The van der Waals surface area contributed by atoms with E-state index in [4.69, 9.17) is 10.2 Å². The number of imidazole rings is 1. The summed E-state index contributed by atoms with van der Waals surface area (Å²) in [7, 11) is 0. The number of benzene rings is 1. The molecule has 0 aliphatic heterocycles. The Balaban J connectivity index is 1.51. The molecule has 0 amide bonds. The Morgan fingerprint density at radius 3 is 2.76 bits per heavy atom. The molecule has 2 N–H and O–H groups in total. The second kappa shape index (κ2) is 8.45. The number of aliphatic hydroxyl groups is 1. The van der Waals surface area contributed by atoms with Crippen molar-refractivity contribution in [1.82, 2.24) is 39.7 Å². The lowest BCUT2D eigenvalue weighted by molar-refractivity contribution is 0.299. The Morgan fingerprint density at radius 1 is 1.09 bits per heavy atom. The van der Waals surface area contributed by atoms with Gasteiger partial charge in [0.1, 0.15) is 18.2 Å². The number of hydrogen-bond acceptors (Lipinski definition) is 9. The van der Waals surface area contributed by atoms with Crippen LogP contribution in [-0.4, -0.2) is 51.4 Å². The van der Waals surface area contributed by atoms with Crippen LogP contribution < -0.4 is 5.32 Å². The maximum absolute atomic E-state index is 9.43. The highest BCUT2D eigenvalue weighted by molar-refractivity contribution is 5.82. The predicted octanol–water partition coefficient (Wildman–Crippen LogP) is 2.25. The van der Waals surface area contributed by atoms with Gasteiger partial charge in [-0.05, 0) is 55.3 Å². The van der Waals surface area contributed by atoms with Crippen LogP contribution in [0.3, 0.4) is 0 Å². The van der Waals surface area contributed by atoms with Gasteiger partial charge in [-0.1, -0.05) is 11.3 Å². The molecule has 0 radical (unpaired) electrons. The number of nitrogens with zero attached hydrogens (tertiary/aromatic N) is 9. The van der Waals surface area contributed by atoms with Crippen molar-refractivity contribution in [3.63, 3.8) is 0 Å². The monoisotopic (exact) mass is 438 g/mol. The number of pyridine rings is 1. The molecule has 0 saturated heterocycles. The summed E-state index contributed by atoms with van der Waals surface area (Å²) in [4.78, 5) is 9.25. The van der Waals surface area contributed by atoms with Crippen LogP contribution in [0.5, 0.6) is 0 Å². The maximum atomic E-state index is 9.43. The lowest BCUT2D eigenvalue weighted by atomic mass is 10.2. The first kappa shape index (κ1) is 20.2. The summed E-state index contributed by atoms with van der Waals surface area (Å²) in [6.07, 6.45) is 3.59. The predicted molar refractivity (Wildman–Crippen MR) is 119 cm³/mol. The number of fused-ring (bicyclic) bond motifs is 1. The SMILES string of the molecule is Cc1ccc(Nc2ccc3c(c2)ncn3-c2ccc(CCO)c(-n3cc(C#N)nn3)n2)nn1. The number of nitrogens with one attached hydrogen (secondary N) is 1. The molecule has 162 valence electrons. The normalized spacial score (nSPS) is 10.9. The molecule has 4 aromatic heterocycles. The van der Waals surface area contributed by atoms with E-state index in [9.17, 15) is 5.11 Å². The molecule has 0 fully saturated rings. The van der Waals surface area contributed by atoms with Gasteiger partial charge in [-0.25, -0.2) is 14.6 Å². The molecule has 0 aliphatic carbocycles. The van der Waals surface area contributed by atoms with Crippen molar-refractivity contribution in [3.8, 4) is 17.7 Å².